The molecule has 2 N–H and O–H groups in total. The number of halogens is 1. The van der Waals surface area contributed by atoms with Crippen LogP contribution < -0.4 is 10.2 Å². The first-order valence-corrected chi connectivity index (χ1v) is 8.76. The van der Waals surface area contributed by atoms with E-state index in [9.17, 15) is 9.59 Å². The van der Waals surface area contributed by atoms with Crippen LogP contribution in [0.3, 0.4) is 0 Å². The quantitative estimate of drug-likeness (QED) is 0.743. The fourth-order valence-corrected chi connectivity index (χ4v) is 3.41. The first-order chi connectivity index (χ1) is 12.6. The van der Waals surface area contributed by atoms with E-state index in [2.05, 4.69) is 15.5 Å². The number of carbonyl (C=O) groups excluding carboxylic acids is 2. The van der Waals surface area contributed by atoms with Gasteiger partial charge in [0.05, 0.1) is 11.4 Å². The summed E-state index contributed by atoms with van der Waals surface area (Å²) in [5, 5.41) is 11.5. The number of H-pyrrole nitrogens is 1. The number of hydrogen-bond acceptors (Lipinski definition) is 3. The third-order valence-electron chi connectivity index (χ3n) is 4.61. The Morgan fingerprint density at radius 1 is 1.23 bits per heavy atom. The van der Waals surface area contributed by atoms with Gasteiger partial charge in [-0.15, -0.1) is 0 Å². The SMILES string of the molecule is O=C(NCc1ccccc1Cl)[C@@H]1CC(=O)N(c2n[nH]c3ccccc23)C1. The lowest BCUT2D eigenvalue weighted by Gasteiger charge is -2.14. The van der Waals surface area contributed by atoms with Crippen LogP contribution in [-0.2, 0) is 16.1 Å². The molecular weight excluding hydrogens is 352 g/mol. The van der Waals surface area contributed by atoms with Gasteiger partial charge in [-0.1, -0.05) is 41.9 Å². The number of aromatic amines is 1. The molecule has 26 heavy (non-hydrogen) atoms. The number of amides is 2. The molecule has 4 rings (SSSR count). The third kappa shape index (κ3) is 3.04. The summed E-state index contributed by atoms with van der Waals surface area (Å²) in [7, 11) is 0. The highest BCUT2D eigenvalue weighted by Crippen LogP contribution is 2.29. The Bertz CT molecular complexity index is 984. The van der Waals surface area contributed by atoms with Crippen LogP contribution in [0.25, 0.3) is 10.9 Å². The number of hydrogen-bond donors (Lipinski definition) is 2. The monoisotopic (exact) mass is 368 g/mol. The lowest BCUT2D eigenvalue weighted by molar-refractivity contribution is -0.126. The minimum Gasteiger partial charge on any atom is -0.352 e. The van der Waals surface area contributed by atoms with Crippen molar-refractivity contribution in [2.45, 2.75) is 13.0 Å². The highest BCUT2D eigenvalue weighted by atomic mass is 35.5. The Morgan fingerprint density at radius 2 is 2.00 bits per heavy atom. The Balaban J connectivity index is 1.46. The number of nitrogens with one attached hydrogen (secondary N) is 2. The number of nitrogens with zero attached hydrogens (tertiary/aromatic N) is 2. The molecule has 2 heterocycles. The van der Waals surface area contributed by atoms with Crippen LogP contribution in [0, 0.1) is 5.92 Å². The van der Waals surface area contributed by atoms with Gasteiger partial charge in [-0.3, -0.25) is 19.6 Å². The van der Waals surface area contributed by atoms with Crippen LogP contribution in [0.15, 0.2) is 48.5 Å². The van der Waals surface area contributed by atoms with Gasteiger partial charge in [0.1, 0.15) is 0 Å². The summed E-state index contributed by atoms with van der Waals surface area (Å²) >= 11 is 6.11. The predicted octanol–water partition coefficient (Wildman–Crippen LogP) is 2.89. The molecular formula is C19H17ClN4O2. The van der Waals surface area contributed by atoms with Gasteiger partial charge in [-0.05, 0) is 23.8 Å². The van der Waals surface area contributed by atoms with Crippen molar-refractivity contribution < 1.29 is 9.59 Å². The van der Waals surface area contributed by atoms with Crippen LogP contribution in [-0.4, -0.2) is 28.6 Å². The predicted molar refractivity (Wildman–Crippen MR) is 99.9 cm³/mol. The highest BCUT2D eigenvalue weighted by Gasteiger charge is 2.36. The van der Waals surface area contributed by atoms with Gasteiger partial charge in [-0.2, -0.15) is 5.10 Å². The maximum absolute atomic E-state index is 12.5. The number of carbonyl (C=O) groups is 2. The Morgan fingerprint density at radius 3 is 2.85 bits per heavy atom. The molecule has 132 valence electrons. The molecule has 6 nitrogen and oxygen atoms in total. The molecule has 1 aromatic heterocycles. The molecule has 0 unspecified atom stereocenters. The Hall–Kier alpha value is -2.86. The van der Waals surface area contributed by atoms with Crippen molar-refractivity contribution in [1.82, 2.24) is 15.5 Å². The summed E-state index contributed by atoms with van der Waals surface area (Å²) in [5.74, 6) is -0.0757. The van der Waals surface area contributed by atoms with E-state index < -0.39 is 5.92 Å². The average Bonchev–Trinajstić information content (AvgIpc) is 3.24. The highest BCUT2D eigenvalue weighted by molar-refractivity contribution is 6.31. The van der Waals surface area contributed by atoms with Gasteiger partial charge in [-0.25, -0.2) is 0 Å². The lowest BCUT2D eigenvalue weighted by Crippen LogP contribution is -2.32. The smallest absolute Gasteiger partial charge is 0.229 e. The van der Waals surface area contributed by atoms with Crippen LogP contribution in [0.1, 0.15) is 12.0 Å². The maximum Gasteiger partial charge on any atom is 0.229 e. The summed E-state index contributed by atoms with van der Waals surface area (Å²) < 4.78 is 0. The molecule has 1 atom stereocenters. The normalized spacial score (nSPS) is 17.0. The number of benzene rings is 2. The maximum atomic E-state index is 12.5. The van der Waals surface area contributed by atoms with Crippen LogP contribution in [0.4, 0.5) is 5.82 Å². The summed E-state index contributed by atoms with van der Waals surface area (Å²) in [4.78, 5) is 26.5. The Kier molecular flexibility index (Phi) is 4.34. The zero-order valence-electron chi connectivity index (χ0n) is 13.9. The second-order valence-corrected chi connectivity index (χ2v) is 6.71. The minimum atomic E-state index is -0.402. The van der Waals surface area contributed by atoms with Gasteiger partial charge in [0.2, 0.25) is 11.8 Å². The van der Waals surface area contributed by atoms with Crippen molar-refractivity contribution in [2.24, 2.45) is 5.92 Å². The largest absolute Gasteiger partial charge is 0.352 e. The van der Waals surface area contributed by atoms with Gasteiger partial charge < -0.3 is 5.32 Å². The van der Waals surface area contributed by atoms with Crippen LogP contribution in [0.2, 0.25) is 5.02 Å². The molecule has 0 spiro atoms. The Labute approximate surface area is 155 Å². The molecule has 3 aromatic rings. The molecule has 1 fully saturated rings. The van der Waals surface area contributed by atoms with E-state index in [1.807, 2.05) is 42.5 Å². The summed E-state index contributed by atoms with van der Waals surface area (Å²) in [5.41, 5.74) is 1.71. The fraction of sp³-hybridized carbons (Fsp3) is 0.211. The van der Waals surface area contributed by atoms with Crippen molar-refractivity contribution in [3.63, 3.8) is 0 Å². The number of fused-ring (bicyclic) bond motifs is 1. The third-order valence-corrected chi connectivity index (χ3v) is 4.98. The number of aromatic nitrogens is 2. The average molecular weight is 369 g/mol. The van der Waals surface area contributed by atoms with Crippen molar-refractivity contribution in [3.8, 4) is 0 Å². The number of anilines is 1. The van der Waals surface area contributed by atoms with Crippen molar-refractivity contribution in [3.05, 3.63) is 59.1 Å². The van der Waals surface area contributed by atoms with Gasteiger partial charge in [0.25, 0.3) is 0 Å². The van der Waals surface area contributed by atoms with Crippen molar-refractivity contribution >= 4 is 40.1 Å². The molecule has 0 bridgehead atoms. The fourth-order valence-electron chi connectivity index (χ4n) is 3.21. The van der Waals surface area contributed by atoms with Crippen LogP contribution in [0.5, 0.6) is 0 Å². The first-order valence-electron chi connectivity index (χ1n) is 8.38. The van der Waals surface area contributed by atoms with Crippen molar-refractivity contribution in [2.75, 3.05) is 11.4 Å². The van der Waals surface area contributed by atoms with E-state index in [-0.39, 0.29) is 18.2 Å². The molecule has 0 aliphatic carbocycles. The van der Waals surface area contributed by atoms with E-state index in [1.165, 1.54) is 0 Å². The molecule has 0 saturated carbocycles. The zero-order valence-corrected chi connectivity index (χ0v) is 14.7. The van der Waals surface area contributed by atoms with Gasteiger partial charge >= 0.3 is 0 Å². The van der Waals surface area contributed by atoms with E-state index in [4.69, 9.17) is 11.6 Å². The standard InChI is InChI=1S/C19H17ClN4O2/c20-15-7-3-1-5-12(15)10-21-19(26)13-9-17(25)24(11-13)18-14-6-2-4-8-16(14)22-23-18/h1-8,13H,9-11H2,(H,21,26)(H,22,23)/t13-/m1/s1. The van der Waals surface area contributed by atoms with Crippen LogP contribution >= 0.6 is 11.6 Å². The molecule has 1 aliphatic rings. The van der Waals surface area contributed by atoms with E-state index >= 15 is 0 Å². The second-order valence-electron chi connectivity index (χ2n) is 6.31. The molecule has 1 aliphatic heterocycles. The van der Waals surface area contributed by atoms with Gasteiger partial charge in [0, 0.05) is 29.9 Å². The minimum absolute atomic E-state index is 0.0971. The first kappa shape index (κ1) is 16.6. The molecule has 7 heteroatoms. The van der Waals surface area contributed by atoms with Crippen molar-refractivity contribution in [1.29, 1.82) is 0 Å². The summed E-state index contributed by atoms with van der Waals surface area (Å²) in [6.07, 6.45) is 0.176. The lowest BCUT2D eigenvalue weighted by atomic mass is 10.1. The van der Waals surface area contributed by atoms with E-state index in [0.29, 0.717) is 23.9 Å². The summed E-state index contributed by atoms with van der Waals surface area (Å²) in [6, 6.07) is 15.0. The zero-order chi connectivity index (χ0) is 18.1. The summed E-state index contributed by atoms with van der Waals surface area (Å²) in [6.45, 7) is 0.663. The molecule has 2 amide bonds. The second kappa shape index (κ2) is 6.80. The molecule has 0 radical (unpaired) electrons. The van der Waals surface area contributed by atoms with Gasteiger partial charge in [0.15, 0.2) is 5.82 Å². The number of para-hydroxylation sites is 1. The van der Waals surface area contributed by atoms with E-state index in [1.54, 1.807) is 11.0 Å². The topological polar surface area (TPSA) is 78.1 Å². The molecule has 1 saturated heterocycles. The van der Waals surface area contributed by atoms with E-state index in [0.717, 1.165) is 16.5 Å². The number of rotatable bonds is 4. The molecule has 2 aromatic carbocycles.